The number of guanidine groups is 1. The van der Waals surface area contributed by atoms with Gasteiger partial charge in [0.15, 0.2) is 5.96 Å². The summed E-state index contributed by atoms with van der Waals surface area (Å²) in [6, 6.07) is 8.95. The summed E-state index contributed by atoms with van der Waals surface area (Å²) in [6.07, 6.45) is 1.70. The largest absolute Gasteiger partial charge is 0.481 e. The van der Waals surface area contributed by atoms with Gasteiger partial charge < -0.3 is 15.4 Å². The molecule has 0 aliphatic carbocycles. The smallest absolute Gasteiger partial charge is 0.213 e. The molecule has 23 heavy (non-hydrogen) atoms. The molecule has 0 atom stereocenters. The van der Waals surface area contributed by atoms with Crippen molar-refractivity contribution in [1.82, 2.24) is 15.6 Å². The monoisotopic (exact) mass is 316 g/mol. The minimum atomic E-state index is -0.198. The van der Waals surface area contributed by atoms with E-state index < -0.39 is 0 Å². The molecule has 0 spiro atoms. The van der Waals surface area contributed by atoms with E-state index >= 15 is 0 Å². The number of aryl methyl sites for hydroxylation is 1. The Hall–Kier alpha value is -2.63. The van der Waals surface area contributed by atoms with Crippen molar-refractivity contribution in [2.75, 3.05) is 14.2 Å². The third kappa shape index (κ3) is 4.95. The maximum Gasteiger partial charge on any atom is 0.213 e. The Kier molecular flexibility index (Phi) is 5.91. The van der Waals surface area contributed by atoms with E-state index in [0.717, 1.165) is 11.1 Å². The van der Waals surface area contributed by atoms with Crippen LogP contribution >= 0.6 is 0 Å². The molecule has 0 aliphatic heterocycles. The van der Waals surface area contributed by atoms with Crippen molar-refractivity contribution in [3.8, 4) is 5.88 Å². The van der Waals surface area contributed by atoms with Crippen molar-refractivity contribution in [3.63, 3.8) is 0 Å². The van der Waals surface area contributed by atoms with E-state index in [-0.39, 0.29) is 5.82 Å². The van der Waals surface area contributed by atoms with Gasteiger partial charge in [0.05, 0.1) is 7.11 Å². The van der Waals surface area contributed by atoms with Crippen LogP contribution in [0.4, 0.5) is 4.39 Å². The summed E-state index contributed by atoms with van der Waals surface area (Å²) in [5, 5.41) is 6.35. The molecule has 0 fully saturated rings. The van der Waals surface area contributed by atoms with Crippen LogP contribution in [0.5, 0.6) is 5.88 Å². The molecule has 1 aromatic heterocycles. The molecule has 6 heteroatoms. The molecule has 1 heterocycles. The lowest BCUT2D eigenvalue weighted by Crippen LogP contribution is -2.36. The fourth-order valence-corrected chi connectivity index (χ4v) is 2.01. The lowest BCUT2D eigenvalue weighted by molar-refractivity contribution is 0.397. The number of nitrogens with zero attached hydrogens (tertiary/aromatic N) is 2. The van der Waals surface area contributed by atoms with E-state index in [1.807, 2.05) is 18.2 Å². The average molecular weight is 316 g/mol. The van der Waals surface area contributed by atoms with Crippen molar-refractivity contribution in [2.24, 2.45) is 4.99 Å². The predicted molar refractivity (Wildman–Crippen MR) is 89.0 cm³/mol. The number of methoxy groups -OCH3 is 1. The summed E-state index contributed by atoms with van der Waals surface area (Å²) >= 11 is 0. The average Bonchev–Trinajstić information content (AvgIpc) is 2.58. The molecule has 2 N–H and O–H groups in total. The number of benzene rings is 1. The zero-order valence-corrected chi connectivity index (χ0v) is 13.6. The van der Waals surface area contributed by atoms with Crippen molar-refractivity contribution in [3.05, 3.63) is 59.0 Å². The number of halogens is 1. The van der Waals surface area contributed by atoms with Gasteiger partial charge in [-0.1, -0.05) is 12.1 Å². The van der Waals surface area contributed by atoms with E-state index in [1.165, 1.54) is 6.07 Å². The third-order valence-corrected chi connectivity index (χ3v) is 3.39. The van der Waals surface area contributed by atoms with Crippen LogP contribution in [0.15, 0.2) is 41.5 Å². The first-order valence-corrected chi connectivity index (χ1v) is 7.31. The van der Waals surface area contributed by atoms with Crippen LogP contribution in [-0.2, 0) is 13.1 Å². The molecule has 0 unspecified atom stereocenters. The highest BCUT2D eigenvalue weighted by Gasteiger charge is 2.03. The van der Waals surface area contributed by atoms with E-state index in [1.54, 1.807) is 33.3 Å². The van der Waals surface area contributed by atoms with Gasteiger partial charge in [0.25, 0.3) is 0 Å². The molecular formula is C17H21FN4O. The van der Waals surface area contributed by atoms with Gasteiger partial charge in [-0.25, -0.2) is 9.37 Å². The maximum absolute atomic E-state index is 13.5. The van der Waals surface area contributed by atoms with Gasteiger partial charge in [-0.05, 0) is 35.7 Å². The quantitative estimate of drug-likeness (QED) is 0.657. The van der Waals surface area contributed by atoms with Gasteiger partial charge in [0.2, 0.25) is 5.88 Å². The fourth-order valence-electron chi connectivity index (χ4n) is 2.01. The van der Waals surface area contributed by atoms with Gasteiger partial charge in [-0.15, -0.1) is 0 Å². The van der Waals surface area contributed by atoms with Crippen LogP contribution in [0.25, 0.3) is 0 Å². The van der Waals surface area contributed by atoms with Crippen LogP contribution in [-0.4, -0.2) is 25.1 Å². The summed E-state index contributed by atoms with van der Waals surface area (Å²) in [5.74, 6) is 1.01. The Labute approximate surface area is 135 Å². The number of aromatic nitrogens is 1. The molecule has 0 bridgehead atoms. The molecule has 2 rings (SSSR count). The zero-order valence-electron chi connectivity index (χ0n) is 13.6. The van der Waals surface area contributed by atoms with Crippen LogP contribution in [0.2, 0.25) is 0 Å². The molecule has 2 aromatic rings. The van der Waals surface area contributed by atoms with Crippen molar-refractivity contribution in [1.29, 1.82) is 0 Å². The molecule has 0 radical (unpaired) electrons. The lowest BCUT2D eigenvalue weighted by atomic mass is 10.1. The lowest BCUT2D eigenvalue weighted by Gasteiger charge is -2.12. The second kappa shape index (κ2) is 8.12. The number of hydrogen-bond acceptors (Lipinski definition) is 3. The number of nitrogens with one attached hydrogen (secondary N) is 2. The van der Waals surface area contributed by atoms with Crippen LogP contribution in [0.1, 0.15) is 16.7 Å². The first-order chi connectivity index (χ1) is 11.1. The van der Waals surface area contributed by atoms with Gasteiger partial charge in [0, 0.05) is 32.4 Å². The van der Waals surface area contributed by atoms with E-state index in [0.29, 0.717) is 30.5 Å². The number of ether oxygens (including phenoxy) is 1. The highest BCUT2D eigenvalue weighted by molar-refractivity contribution is 5.79. The Morgan fingerprint density at radius 2 is 1.87 bits per heavy atom. The summed E-state index contributed by atoms with van der Waals surface area (Å²) in [4.78, 5) is 8.22. The molecule has 0 saturated carbocycles. The Morgan fingerprint density at radius 1 is 1.17 bits per heavy atom. The number of pyridine rings is 1. The van der Waals surface area contributed by atoms with Gasteiger partial charge >= 0.3 is 0 Å². The standard InChI is InChI=1S/C17H21FN4O/c1-12-4-5-13(8-15(12)18)10-21-17(19-2)22-11-14-6-7-20-16(9-14)23-3/h4-9H,10-11H2,1-3H3,(H2,19,21,22). The van der Waals surface area contributed by atoms with Crippen molar-refractivity contribution >= 4 is 5.96 Å². The van der Waals surface area contributed by atoms with Crippen molar-refractivity contribution < 1.29 is 9.13 Å². The van der Waals surface area contributed by atoms with Crippen LogP contribution in [0.3, 0.4) is 0 Å². The molecule has 0 amide bonds. The first-order valence-electron chi connectivity index (χ1n) is 7.31. The van der Waals surface area contributed by atoms with E-state index in [2.05, 4.69) is 20.6 Å². The molecule has 0 aliphatic rings. The summed E-state index contributed by atoms with van der Waals surface area (Å²) in [6.45, 7) is 2.83. The van der Waals surface area contributed by atoms with Crippen molar-refractivity contribution in [2.45, 2.75) is 20.0 Å². The van der Waals surface area contributed by atoms with Crippen LogP contribution < -0.4 is 15.4 Å². The topological polar surface area (TPSA) is 58.5 Å². The Bertz CT molecular complexity index is 688. The van der Waals surface area contributed by atoms with Gasteiger partial charge in [-0.2, -0.15) is 0 Å². The van der Waals surface area contributed by atoms with E-state index in [4.69, 9.17) is 4.74 Å². The first kappa shape index (κ1) is 16.7. The summed E-state index contributed by atoms with van der Waals surface area (Å²) in [5.41, 5.74) is 2.53. The Morgan fingerprint density at radius 3 is 2.48 bits per heavy atom. The predicted octanol–water partition coefficient (Wildman–Crippen LogP) is 2.40. The zero-order chi connectivity index (χ0) is 16.7. The molecule has 122 valence electrons. The molecular weight excluding hydrogens is 295 g/mol. The summed E-state index contributed by atoms with van der Waals surface area (Å²) in [7, 11) is 3.28. The Balaban J connectivity index is 1.89. The molecule has 1 aromatic carbocycles. The normalized spacial score (nSPS) is 11.2. The fraction of sp³-hybridized carbons (Fsp3) is 0.294. The second-order valence-electron chi connectivity index (χ2n) is 5.07. The third-order valence-electron chi connectivity index (χ3n) is 3.39. The molecule has 0 saturated heterocycles. The number of aliphatic imine (C=N–C) groups is 1. The summed E-state index contributed by atoms with van der Waals surface area (Å²) < 4.78 is 18.6. The van der Waals surface area contributed by atoms with Crippen LogP contribution in [0, 0.1) is 12.7 Å². The second-order valence-corrected chi connectivity index (χ2v) is 5.07. The van der Waals surface area contributed by atoms with Gasteiger partial charge in [0.1, 0.15) is 5.82 Å². The minimum absolute atomic E-state index is 0.198. The highest BCUT2D eigenvalue weighted by atomic mass is 19.1. The maximum atomic E-state index is 13.5. The highest BCUT2D eigenvalue weighted by Crippen LogP contribution is 2.09. The number of hydrogen-bond donors (Lipinski definition) is 2. The number of rotatable bonds is 5. The van der Waals surface area contributed by atoms with Gasteiger partial charge in [-0.3, -0.25) is 4.99 Å². The molecule has 5 nitrogen and oxygen atoms in total. The minimum Gasteiger partial charge on any atom is -0.481 e. The van der Waals surface area contributed by atoms with E-state index in [9.17, 15) is 4.39 Å². The SMILES string of the molecule is CN=C(NCc1ccnc(OC)c1)NCc1ccc(C)c(F)c1.